The molecule has 1 atom stereocenters. The normalized spacial score (nSPS) is 11.2. The zero-order chi connectivity index (χ0) is 22.1. The van der Waals surface area contributed by atoms with Gasteiger partial charge in [-0.25, -0.2) is 0 Å². The molecule has 0 aromatic heterocycles. The number of ether oxygens (including phenoxy) is 2. The zero-order valence-electron chi connectivity index (χ0n) is 17.0. The van der Waals surface area contributed by atoms with E-state index < -0.39 is 11.8 Å². The minimum Gasteiger partial charge on any atom is -0.496 e. The fourth-order valence-electron chi connectivity index (χ4n) is 2.56. The van der Waals surface area contributed by atoms with E-state index in [4.69, 9.17) is 21.7 Å². The molecule has 0 aliphatic carbocycles. The van der Waals surface area contributed by atoms with Gasteiger partial charge < -0.3 is 9.47 Å². The Balaban J connectivity index is 1.82. The summed E-state index contributed by atoms with van der Waals surface area (Å²) in [5.41, 5.74) is 6.32. The van der Waals surface area contributed by atoms with Gasteiger partial charge in [0.1, 0.15) is 11.5 Å². The Morgan fingerprint density at radius 2 is 1.87 bits per heavy atom. The number of halogens is 1. The maximum Gasteiger partial charge on any atom is 0.276 e. The molecule has 0 aliphatic heterocycles. The van der Waals surface area contributed by atoms with Crippen molar-refractivity contribution in [3.63, 3.8) is 0 Å². The number of rotatable bonds is 7. The third-order valence-electron chi connectivity index (χ3n) is 4.38. The van der Waals surface area contributed by atoms with Crippen LogP contribution in [0.5, 0.6) is 11.5 Å². The predicted molar refractivity (Wildman–Crippen MR) is 123 cm³/mol. The van der Waals surface area contributed by atoms with E-state index in [0.717, 1.165) is 12.0 Å². The van der Waals surface area contributed by atoms with Gasteiger partial charge in [-0.15, -0.1) is 0 Å². The topological polar surface area (TPSA) is 88.7 Å². The van der Waals surface area contributed by atoms with E-state index in [-0.39, 0.29) is 11.7 Å². The van der Waals surface area contributed by atoms with Crippen LogP contribution < -0.4 is 25.6 Å². The van der Waals surface area contributed by atoms with E-state index in [1.165, 1.54) is 7.11 Å². The molecule has 0 radical (unpaired) electrons. The SMILES string of the molecule is CCC(C)c1ccccc1OCC(=O)NNC(=S)NC(=O)c1ccc(OC)c(Br)c1. The average molecular weight is 494 g/mol. The molecule has 2 rings (SSSR count). The number of carbonyl (C=O) groups is 2. The standard InChI is InChI=1S/C21H24BrN3O4S/c1-4-13(2)15-7-5-6-8-17(15)29-12-19(26)24-25-21(30)23-20(27)14-9-10-18(28-3)16(22)11-14/h5-11,13H,4,12H2,1-3H3,(H,24,26)(H2,23,25,27,30). The van der Waals surface area contributed by atoms with E-state index in [9.17, 15) is 9.59 Å². The molecule has 160 valence electrons. The predicted octanol–water partition coefficient (Wildman–Crippen LogP) is 3.69. The number of hydrogen-bond acceptors (Lipinski definition) is 5. The molecular formula is C21H24BrN3O4S. The molecule has 30 heavy (non-hydrogen) atoms. The molecule has 7 nitrogen and oxygen atoms in total. The highest BCUT2D eigenvalue weighted by molar-refractivity contribution is 9.10. The third-order valence-corrected chi connectivity index (χ3v) is 5.20. The highest BCUT2D eigenvalue weighted by Crippen LogP contribution is 2.28. The summed E-state index contributed by atoms with van der Waals surface area (Å²) in [6.45, 7) is 4.01. The number of methoxy groups -OCH3 is 1. The quantitative estimate of drug-likeness (QED) is 0.402. The maximum atomic E-state index is 12.3. The lowest BCUT2D eigenvalue weighted by molar-refractivity contribution is -0.123. The summed E-state index contributed by atoms with van der Waals surface area (Å²) < 4.78 is 11.4. The van der Waals surface area contributed by atoms with Crippen LogP contribution >= 0.6 is 28.1 Å². The first-order chi connectivity index (χ1) is 14.3. The largest absolute Gasteiger partial charge is 0.496 e. The minimum absolute atomic E-state index is 0.0414. The van der Waals surface area contributed by atoms with Crippen molar-refractivity contribution in [3.05, 3.63) is 58.1 Å². The minimum atomic E-state index is -0.433. The Kier molecular flexibility index (Phi) is 9.07. The summed E-state index contributed by atoms with van der Waals surface area (Å²) >= 11 is 8.37. The third kappa shape index (κ3) is 6.70. The number of amides is 2. The number of benzene rings is 2. The van der Waals surface area contributed by atoms with E-state index in [2.05, 4.69) is 45.9 Å². The van der Waals surface area contributed by atoms with Gasteiger partial charge in [0.25, 0.3) is 11.8 Å². The summed E-state index contributed by atoms with van der Waals surface area (Å²) in [5, 5.41) is 2.44. The van der Waals surface area contributed by atoms with Crippen molar-refractivity contribution in [1.29, 1.82) is 0 Å². The number of thiocarbonyl (C=S) groups is 1. The Morgan fingerprint density at radius 3 is 2.53 bits per heavy atom. The average Bonchev–Trinajstić information content (AvgIpc) is 2.75. The van der Waals surface area contributed by atoms with Crippen LogP contribution in [-0.4, -0.2) is 30.6 Å². The van der Waals surface area contributed by atoms with Crippen LogP contribution in [0.3, 0.4) is 0 Å². The molecule has 2 aromatic rings. The lowest BCUT2D eigenvalue weighted by Gasteiger charge is -2.16. The van der Waals surface area contributed by atoms with Crippen LogP contribution in [0.25, 0.3) is 0 Å². The van der Waals surface area contributed by atoms with Crippen molar-refractivity contribution in [2.24, 2.45) is 0 Å². The summed E-state index contributed by atoms with van der Waals surface area (Å²) in [6.07, 6.45) is 0.965. The van der Waals surface area contributed by atoms with Crippen molar-refractivity contribution < 1.29 is 19.1 Å². The number of hydrazine groups is 1. The van der Waals surface area contributed by atoms with Gasteiger partial charge in [0, 0.05) is 5.56 Å². The molecule has 0 fully saturated rings. The van der Waals surface area contributed by atoms with Gasteiger partial charge in [0.2, 0.25) is 0 Å². The summed E-state index contributed by atoms with van der Waals surface area (Å²) in [4.78, 5) is 24.3. The summed E-state index contributed by atoms with van der Waals surface area (Å²) in [7, 11) is 1.54. The van der Waals surface area contributed by atoms with Gasteiger partial charge in [-0.1, -0.05) is 32.0 Å². The van der Waals surface area contributed by atoms with Crippen molar-refractivity contribution in [2.75, 3.05) is 13.7 Å². The van der Waals surface area contributed by atoms with Crippen molar-refractivity contribution >= 4 is 45.1 Å². The van der Waals surface area contributed by atoms with Crippen molar-refractivity contribution in [1.82, 2.24) is 16.2 Å². The lowest BCUT2D eigenvalue weighted by Crippen LogP contribution is -2.49. The van der Waals surface area contributed by atoms with Gasteiger partial charge >= 0.3 is 0 Å². The van der Waals surface area contributed by atoms with Crippen LogP contribution in [0.15, 0.2) is 46.9 Å². The Morgan fingerprint density at radius 1 is 1.13 bits per heavy atom. The molecule has 1 unspecified atom stereocenters. The number of carbonyl (C=O) groups excluding carboxylic acids is 2. The van der Waals surface area contributed by atoms with Crippen LogP contribution in [0.2, 0.25) is 0 Å². The smallest absolute Gasteiger partial charge is 0.276 e. The maximum absolute atomic E-state index is 12.3. The molecule has 0 saturated carbocycles. The van der Waals surface area contributed by atoms with Gasteiger partial charge in [-0.05, 0) is 70.3 Å². The first-order valence-corrected chi connectivity index (χ1v) is 10.5. The fourth-order valence-corrected chi connectivity index (χ4v) is 3.24. The van der Waals surface area contributed by atoms with Gasteiger partial charge in [0.15, 0.2) is 11.7 Å². The number of nitrogens with one attached hydrogen (secondary N) is 3. The molecule has 3 N–H and O–H groups in total. The van der Waals surface area contributed by atoms with Crippen LogP contribution in [0.1, 0.15) is 42.1 Å². The highest BCUT2D eigenvalue weighted by Gasteiger charge is 2.13. The molecule has 0 aliphatic rings. The Hall–Kier alpha value is -2.65. The first-order valence-electron chi connectivity index (χ1n) is 9.31. The van der Waals surface area contributed by atoms with Gasteiger partial charge in [0.05, 0.1) is 11.6 Å². The van der Waals surface area contributed by atoms with E-state index in [1.54, 1.807) is 18.2 Å². The molecule has 0 saturated heterocycles. The molecule has 0 heterocycles. The molecule has 2 amide bonds. The van der Waals surface area contributed by atoms with Crippen LogP contribution in [-0.2, 0) is 4.79 Å². The van der Waals surface area contributed by atoms with Crippen molar-refractivity contribution in [2.45, 2.75) is 26.2 Å². The van der Waals surface area contributed by atoms with E-state index in [1.807, 2.05) is 24.3 Å². The Bertz CT molecular complexity index is 923. The second kappa shape index (κ2) is 11.5. The van der Waals surface area contributed by atoms with Crippen molar-refractivity contribution in [3.8, 4) is 11.5 Å². The number of para-hydroxylation sites is 1. The van der Waals surface area contributed by atoms with Crippen LogP contribution in [0, 0.1) is 0 Å². The van der Waals surface area contributed by atoms with Gasteiger partial charge in [-0.3, -0.25) is 25.8 Å². The van der Waals surface area contributed by atoms with Crippen LogP contribution in [0.4, 0.5) is 0 Å². The molecular weight excluding hydrogens is 470 g/mol. The molecule has 0 bridgehead atoms. The van der Waals surface area contributed by atoms with Gasteiger partial charge in [-0.2, -0.15) is 0 Å². The van der Waals surface area contributed by atoms with E-state index in [0.29, 0.717) is 27.5 Å². The molecule has 2 aromatic carbocycles. The zero-order valence-corrected chi connectivity index (χ0v) is 19.4. The van der Waals surface area contributed by atoms with E-state index >= 15 is 0 Å². The fraction of sp³-hybridized carbons (Fsp3) is 0.286. The second-order valence-corrected chi connectivity index (χ2v) is 7.70. The molecule has 9 heteroatoms. The summed E-state index contributed by atoms with van der Waals surface area (Å²) in [5.74, 6) is 0.738. The first kappa shape index (κ1) is 23.6. The summed E-state index contributed by atoms with van der Waals surface area (Å²) in [6, 6.07) is 12.5. The monoisotopic (exact) mass is 493 g/mol. The highest BCUT2D eigenvalue weighted by atomic mass is 79.9. The number of hydrogen-bond donors (Lipinski definition) is 3. The lowest BCUT2D eigenvalue weighted by atomic mass is 9.98. The Labute approximate surface area is 189 Å². The second-order valence-electron chi connectivity index (χ2n) is 6.44. The molecule has 0 spiro atoms.